The zero-order chi connectivity index (χ0) is 11.5. The maximum atomic E-state index is 3.67. The van der Waals surface area contributed by atoms with Crippen LogP contribution in [0, 0.1) is 5.41 Å². The highest BCUT2D eigenvalue weighted by molar-refractivity contribution is 6.76. The van der Waals surface area contributed by atoms with Crippen LogP contribution in [-0.2, 0) is 0 Å². The molecule has 1 saturated carbocycles. The third-order valence-corrected chi connectivity index (χ3v) is 5.27. The smallest absolute Gasteiger partial charge is 0.0448 e. The summed E-state index contributed by atoms with van der Waals surface area (Å²) in [7, 11) is -0.907. The van der Waals surface area contributed by atoms with Crippen molar-refractivity contribution in [3.63, 3.8) is 0 Å². The van der Waals surface area contributed by atoms with Crippen LogP contribution < -0.4 is 5.32 Å². The SMILES string of the molecule is CC(C)NCC1(C[Si](C)(C)C)CCCC1. The lowest BCUT2D eigenvalue weighted by Gasteiger charge is -2.35. The lowest BCUT2D eigenvalue weighted by molar-refractivity contribution is 0.301. The molecule has 2 heteroatoms. The van der Waals surface area contributed by atoms with Crippen molar-refractivity contribution in [2.45, 2.75) is 71.3 Å². The van der Waals surface area contributed by atoms with Crippen LogP contribution in [0.5, 0.6) is 0 Å². The molecule has 1 fully saturated rings. The van der Waals surface area contributed by atoms with Crippen molar-refractivity contribution < 1.29 is 0 Å². The van der Waals surface area contributed by atoms with Crippen molar-refractivity contribution in [2.75, 3.05) is 6.54 Å². The molecule has 90 valence electrons. The second-order valence-corrected chi connectivity index (χ2v) is 12.5. The summed E-state index contributed by atoms with van der Waals surface area (Å²) in [4.78, 5) is 0. The van der Waals surface area contributed by atoms with Gasteiger partial charge in [-0.3, -0.25) is 0 Å². The van der Waals surface area contributed by atoms with Crippen molar-refractivity contribution in [3.8, 4) is 0 Å². The van der Waals surface area contributed by atoms with Crippen molar-refractivity contribution in [2.24, 2.45) is 5.41 Å². The van der Waals surface area contributed by atoms with E-state index in [2.05, 4.69) is 38.8 Å². The summed E-state index contributed by atoms with van der Waals surface area (Å²) < 4.78 is 0. The molecule has 0 saturated heterocycles. The van der Waals surface area contributed by atoms with Crippen LogP contribution in [0.25, 0.3) is 0 Å². The molecule has 0 radical (unpaired) electrons. The van der Waals surface area contributed by atoms with Gasteiger partial charge in [-0.2, -0.15) is 0 Å². The maximum Gasteiger partial charge on any atom is 0.0448 e. The molecule has 0 aromatic carbocycles. The van der Waals surface area contributed by atoms with Gasteiger partial charge < -0.3 is 5.32 Å². The van der Waals surface area contributed by atoms with E-state index in [1.807, 2.05) is 0 Å². The molecule has 0 spiro atoms. The summed E-state index contributed by atoms with van der Waals surface area (Å²) in [5.41, 5.74) is 0.661. The van der Waals surface area contributed by atoms with E-state index in [1.54, 1.807) is 0 Å². The zero-order valence-electron chi connectivity index (χ0n) is 11.3. The molecule has 0 aromatic heterocycles. The highest BCUT2D eigenvalue weighted by atomic mass is 28.3. The first-order valence-electron chi connectivity index (χ1n) is 6.56. The minimum atomic E-state index is -0.907. The Balaban J connectivity index is 2.54. The molecular formula is C13H29NSi. The lowest BCUT2D eigenvalue weighted by atomic mass is 9.88. The lowest BCUT2D eigenvalue weighted by Crippen LogP contribution is -2.40. The van der Waals surface area contributed by atoms with Crippen LogP contribution in [-0.4, -0.2) is 20.7 Å². The highest BCUT2D eigenvalue weighted by Gasteiger charge is 2.37. The predicted molar refractivity (Wildman–Crippen MR) is 72.2 cm³/mol. The predicted octanol–water partition coefficient (Wildman–Crippen LogP) is 3.88. The summed E-state index contributed by atoms with van der Waals surface area (Å²) in [5, 5.41) is 3.67. The molecule has 1 nitrogen and oxygen atoms in total. The molecular weight excluding hydrogens is 198 g/mol. The fourth-order valence-electron chi connectivity index (χ4n) is 3.09. The topological polar surface area (TPSA) is 12.0 Å². The Morgan fingerprint density at radius 1 is 1.13 bits per heavy atom. The summed E-state index contributed by atoms with van der Waals surface area (Å²) in [6.07, 6.45) is 5.86. The molecule has 0 unspecified atom stereocenters. The van der Waals surface area contributed by atoms with Crippen LogP contribution in [0.4, 0.5) is 0 Å². The average molecular weight is 227 g/mol. The number of hydrogen-bond acceptors (Lipinski definition) is 1. The molecule has 1 N–H and O–H groups in total. The second kappa shape index (κ2) is 5.01. The fraction of sp³-hybridized carbons (Fsp3) is 1.00. The molecule has 1 aliphatic carbocycles. The Morgan fingerprint density at radius 3 is 2.07 bits per heavy atom. The summed E-state index contributed by atoms with van der Waals surface area (Å²) in [6.45, 7) is 13.3. The summed E-state index contributed by atoms with van der Waals surface area (Å²) in [6, 6.07) is 2.16. The fourth-order valence-corrected chi connectivity index (χ4v) is 5.82. The first kappa shape index (κ1) is 13.2. The summed E-state index contributed by atoms with van der Waals surface area (Å²) >= 11 is 0. The Bertz CT molecular complexity index is 187. The summed E-state index contributed by atoms with van der Waals surface area (Å²) in [5.74, 6) is 0. The van der Waals surface area contributed by atoms with E-state index in [1.165, 1.54) is 38.3 Å². The van der Waals surface area contributed by atoms with Gasteiger partial charge in [0.05, 0.1) is 0 Å². The third kappa shape index (κ3) is 4.69. The van der Waals surface area contributed by atoms with Gasteiger partial charge in [0.25, 0.3) is 0 Å². The Hall–Kier alpha value is 0.177. The quantitative estimate of drug-likeness (QED) is 0.703. The highest BCUT2D eigenvalue weighted by Crippen LogP contribution is 2.44. The van der Waals surface area contributed by atoms with E-state index in [0.717, 1.165) is 0 Å². The molecule has 0 aliphatic heterocycles. The minimum Gasteiger partial charge on any atom is -0.314 e. The minimum absolute atomic E-state index is 0.643. The van der Waals surface area contributed by atoms with Crippen LogP contribution in [0.1, 0.15) is 39.5 Å². The molecule has 0 amide bonds. The van der Waals surface area contributed by atoms with Gasteiger partial charge >= 0.3 is 0 Å². The van der Waals surface area contributed by atoms with E-state index < -0.39 is 8.07 Å². The maximum absolute atomic E-state index is 3.67. The molecule has 15 heavy (non-hydrogen) atoms. The van der Waals surface area contributed by atoms with Crippen molar-refractivity contribution in [1.82, 2.24) is 5.32 Å². The Labute approximate surface area is 97.0 Å². The van der Waals surface area contributed by atoms with Crippen LogP contribution >= 0.6 is 0 Å². The molecule has 0 heterocycles. The Kier molecular flexibility index (Phi) is 4.42. The molecule has 1 rings (SSSR count). The Morgan fingerprint density at radius 2 is 1.67 bits per heavy atom. The van der Waals surface area contributed by atoms with E-state index >= 15 is 0 Å². The standard InChI is InChI=1S/C13H29NSi/c1-12(2)14-10-13(8-6-7-9-13)11-15(3,4)5/h12,14H,6-11H2,1-5H3. The van der Waals surface area contributed by atoms with Gasteiger partial charge in [0.15, 0.2) is 0 Å². The van der Waals surface area contributed by atoms with E-state index in [9.17, 15) is 0 Å². The van der Waals surface area contributed by atoms with Crippen LogP contribution in [0.3, 0.4) is 0 Å². The van der Waals surface area contributed by atoms with Crippen LogP contribution in [0.2, 0.25) is 25.7 Å². The molecule has 0 bridgehead atoms. The van der Waals surface area contributed by atoms with E-state index in [4.69, 9.17) is 0 Å². The first-order valence-corrected chi connectivity index (χ1v) is 10.3. The van der Waals surface area contributed by atoms with Crippen molar-refractivity contribution in [1.29, 1.82) is 0 Å². The van der Waals surface area contributed by atoms with Gasteiger partial charge in [0.1, 0.15) is 0 Å². The van der Waals surface area contributed by atoms with Crippen molar-refractivity contribution >= 4 is 8.07 Å². The number of rotatable bonds is 5. The molecule has 1 aliphatic rings. The number of nitrogens with one attached hydrogen (secondary N) is 1. The second-order valence-electron chi connectivity index (χ2n) is 6.98. The van der Waals surface area contributed by atoms with Crippen LogP contribution in [0.15, 0.2) is 0 Å². The monoisotopic (exact) mass is 227 g/mol. The third-order valence-electron chi connectivity index (χ3n) is 3.45. The average Bonchev–Trinajstić information content (AvgIpc) is 2.47. The van der Waals surface area contributed by atoms with E-state index in [0.29, 0.717) is 11.5 Å². The zero-order valence-corrected chi connectivity index (χ0v) is 12.3. The van der Waals surface area contributed by atoms with Gasteiger partial charge in [-0.15, -0.1) is 0 Å². The van der Waals surface area contributed by atoms with Gasteiger partial charge in [-0.25, -0.2) is 0 Å². The van der Waals surface area contributed by atoms with Gasteiger partial charge in [-0.05, 0) is 18.3 Å². The normalized spacial score (nSPS) is 21.2. The van der Waals surface area contributed by atoms with Gasteiger partial charge in [-0.1, -0.05) is 52.4 Å². The van der Waals surface area contributed by atoms with Gasteiger partial charge in [0.2, 0.25) is 0 Å². The molecule has 0 aromatic rings. The first-order chi connectivity index (χ1) is 6.83. The van der Waals surface area contributed by atoms with Gasteiger partial charge in [0, 0.05) is 20.7 Å². The number of hydrogen-bond donors (Lipinski definition) is 1. The van der Waals surface area contributed by atoms with E-state index in [-0.39, 0.29) is 0 Å². The largest absolute Gasteiger partial charge is 0.314 e. The molecule has 0 atom stereocenters. The van der Waals surface area contributed by atoms with Crippen molar-refractivity contribution in [3.05, 3.63) is 0 Å².